The van der Waals surface area contributed by atoms with Crippen molar-refractivity contribution in [2.75, 3.05) is 0 Å². The van der Waals surface area contributed by atoms with E-state index < -0.39 is 12.0 Å². The highest BCUT2D eigenvalue weighted by molar-refractivity contribution is 5.75. The number of rotatable bonds is 5. The van der Waals surface area contributed by atoms with Crippen LogP contribution >= 0.6 is 0 Å². The highest BCUT2D eigenvalue weighted by Crippen LogP contribution is 2.15. The van der Waals surface area contributed by atoms with Gasteiger partial charge in [0.15, 0.2) is 0 Å². The zero-order valence-electron chi connectivity index (χ0n) is 9.30. The van der Waals surface area contributed by atoms with Crippen LogP contribution in [-0.4, -0.2) is 26.8 Å². The Balaban J connectivity index is 2.82. The fraction of sp³-hybridized carbons (Fsp3) is 0.500. The summed E-state index contributed by atoms with van der Waals surface area (Å²) in [4.78, 5) is 21.6. The molecule has 0 radical (unpaired) electrons. The standard InChI is InChI=1S/C10H15N3O3/c1-3-13-6-8(5-11-13)9(4-10(15)16)12-7(2)14/h5-6,9H,3-4H2,1-2H3,(H,12,14)(H,15,16)/t9-/m1/s1. The first-order valence-corrected chi connectivity index (χ1v) is 5.04. The molecule has 1 aromatic heterocycles. The van der Waals surface area contributed by atoms with Gasteiger partial charge in [0.05, 0.1) is 18.7 Å². The summed E-state index contributed by atoms with van der Waals surface area (Å²) in [6, 6.07) is -0.518. The van der Waals surface area contributed by atoms with E-state index in [2.05, 4.69) is 10.4 Å². The fourth-order valence-electron chi connectivity index (χ4n) is 1.40. The molecule has 2 N–H and O–H groups in total. The topological polar surface area (TPSA) is 84.2 Å². The number of nitrogens with one attached hydrogen (secondary N) is 1. The van der Waals surface area contributed by atoms with Crippen molar-refractivity contribution in [3.63, 3.8) is 0 Å². The van der Waals surface area contributed by atoms with Gasteiger partial charge in [-0.2, -0.15) is 5.10 Å². The molecule has 88 valence electrons. The number of carboxylic acid groups (broad SMARTS) is 1. The zero-order valence-corrected chi connectivity index (χ0v) is 9.30. The van der Waals surface area contributed by atoms with Crippen molar-refractivity contribution in [2.45, 2.75) is 32.9 Å². The van der Waals surface area contributed by atoms with E-state index >= 15 is 0 Å². The average Bonchev–Trinajstić information content (AvgIpc) is 2.63. The predicted octanol–water partition coefficient (Wildman–Crippen LogP) is 0.555. The first kappa shape index (κ1) is 12.2. The summed E-state index contributed by atoms with van der Waals surface area (Å²) in [6.45, 7) is 4.00. The smallest absolute Gasteiger partial charge is 0.305 e. The van der Waals surface area contributed by atoms with Crippen LogP contribution in [0.2, 0.25) is 0 Å². The Labute approximate surface area is 93.3 Å². The molecule has 6 nitrogen and oxygen atoms in total. The number of hydrogen-bond acceptors (Lipinski definition) is 3. The van der Waals surface area contributed by atoms with Gasteiger partial charge in [0, 0.05) is 25.2 Å². The van der Waals surface area contributed by atoms with E-state index in [1.54, 1.807) is 17.1 Å². The van der Waals surface area contributed by atoms with Gasteiger partial charge in [-0.05, 0) is 6.92 Å². The fourth-order valence-corrected chi connectivity index (χ4v) is 1.40. The molecule has 0 spiro atoms. The van der Waals surface area contributed by atoms with Crippen molar-refractivity contribution in [3.8, 4) is 0 Å². The summed E-state index contributed by atoms with van der Waals surface area (Å²) in [5.41, 5.74) is 0.708. The first-order chi connectivity index (χ1) is 7.52. The lowest BCUT2D eigenvalue weighted by Gasteiger charge is -2.13. The second-order valence-electron chi connectivity index (χ2n) is 3.48. The number of carboxylic acids is 1. The van der Waals surface area contributed by atoms with E-state index in [1.165, 1.54) is 6.92 Å². The maximum Gasteiger partial charge on any atom is 0.305 e. The monoisotopic (exact) mass is 225 g/mol. The van der Waals surface area contributed by atoms with Gasteiger partial charge in [0.1, 0.15) is 0 Å². The van der Waals surface area contributed by atoms with Gasteiger partial charge in [-0.15, -0.1) is 0 Å². The summed E-state index contributed by atoms with van der Waals surface area (Å²) in [6.07, 6.45) is 3.17. The summed E-state index contributed by atoms with van der Waals surface area (Å²) in [5, 5.41) is 15.4. The Morgan fingerprint density at radius 3 is 2.75 bits per heavy atom. The van der Waals surface area contributed by atoms with E-state index in [9.17, 15) is 9.59 Å². The maximum atomic E-state index is 11.0. The minimum absolute atomic E-state index is 0.144. The van der Waals surface area contributed by atoms with E-state index in [1.807, 2.05) is 6.92 Å². The second-order valence-corrected chi connectivity index (χ2v) is 3.48. The summed E-state index contributed by atoms with van der Waals surface area (Å²) in [7, 11) is 0. The molecule has 1 rings (SSSR count). The number of aromatic nitrogens is 2. The molecule has 1 amide bonds. The van der Waals surface area contributed by atoms with Crippen LogP contribution in [0.1, 0.15) is 31.9 Å². The molecule has 0 aromatic carbocycles. The molecule has 0 saturated heterocycles. The molecule has 1 aromatic rings. The Morgan fingerprint density at radius 1 is 1.62 bits per heavy atom. The van der Waals surface area contributed by atoms with Gasteiger partial charge in [0.2, 0.25) is 5.91 Å². The first-order valence-electron chi connectivity index (χ1n) is 5.04. The van der Waals surface area contributed by atoms with Crippen LogP contribution < -0.4 is 5.32 Å². The van der Waals surface area contributed by atoms with E-state index in [0.29, 0.717) is 12.1 Å². The van der Waals surface area contributed by atoms with Crippen LogP contribution in [0.25, 0.3) is 0 Å². The Morgan fingerprint density at radius 2 is 2.31 bits per heavy atom. The molecule has 0 bridgehead atoms. The van der Waals surface area contributed by atoms with Crippen molar-refractivity contribution < 1.29 is 14.7 Å². The van der Waals surface area contributed by atoms with Gasteiger partial charge in [0.25, 0.3) is 0 Å². The summed E-state index contributed by atoms with van der Waals surface area (Å²) >= 11 is 0. The third-order valence-electron chi connectivity index (χ3n) is 2.14. The molecule has 0 aliphatic heterocycles. The lowest BCUT2D eigenvalue weighted by Crippen LogP contribution is -2.27. The molecule has 0 fully saturated rings. The minimum atomic E-state index is -0.956. The van der Waals surface area contributed by atoms with Gasteiger partial charge in [-0.1, -0.05) is 0 Å². The SMILES string of the molecule is CCn1cc([C@@H](CC(=O)O)NC(C)=O)cn1. The van der Waals surface area contributed by atoms with E-state index in [-0.39, 0.29) is 12.3 Å². The summed E-state index contributed by atoms with van der Waals surface area (Å²) in [5.74, 6) is -1.21. The van der Waals surface area contributed by atoms with Crippen LogP contribution in [0.3, 0.4) is 0 Å². The van der Waals surface area contributed by atoms with Gasteiger partial charge in [-0.25, -0.2) is 0 Å². The molecule has 16 heavy (non-hydrogen) atoms. The van der Waals surface area contributed by atoms with E-state index in [4.69, 9.17) is 5.11 Å². The average molecular weight is 225 g/mol. The molecule has 0 aliphatic carbocycles. The van der Waals surface area contributed by atoms with Crippen LogP contribution in [0.5, 0.6) is 0 Å². The third-order valence-corrected chi connectivity index (χ3v) is 2.14. The molecule has 0 unspecified atom stereocenters. The molecule has 0 aliphatic rings. The number of hydrogen-bond donors (Lipinski definition) is 2. The van der Waals surface area contributed by atoms with Crippen molar-refractivity contribution >= 4 is 11.9 Å². The number of carbonyl (C=O) groups is 2. The molecular weight excluding hydrogens is 210 g/mol. The van der Waals surface area contributed by atoms with Crippen molar-refractivity contribution in [1.29, 1.82) is 0 Å². The number of aryl methyl sites for hydroxylation is 1. The molecule has 1 atom stereocenters. The number of amides is 1. The highest BCUT2D eigenvalue weighted by Gasteiger charge is 2.17. The molecule has 0 saturated carbocycles. The van der Waals surface area contributed by atoms with Crippen molar-refractivity contribution in [2.24, 2.45) is 0 Å². The number of aliphatic carboxylic acids is 1. The largest absolute Gasteiger partial charge is 0.481 e. The minimum Gasteiger partial charge on any atom is -0.481 e. The third kappa shape index (κ3) is 3.38. The van der Waals surface area contributed by atoms with Crippen LogP contribution in [-0.2, 0) is 16.1 Å². The van der Waals surface area contributed by atoms with E-state index in [0.717, 1.165) is 0 Å². The lowest BCUT2D eigenvalue weighted by molar-refractivity contribution is -0.137. The van der Waals surface area contributed by atoms with Crippen LogP contribution in [0.4, 0.5) is 0 Å². The quantitative estimate of drug-likeness (QED) is 0.766. The summed E-state index contributed by atoms with van der Waals surface area (Å²) < 4.78 is 1.69. The highest BCUT2D eigenvalue weighted by atomic mass is 16.4. The van der Waals surface area contributed by atoms with Crippen LogP contribution in [0.15, 0.2) is 12.4 Å². The Hall–Kier alpha value is -1.85. The molecular formula is C10H15N3O3. The van der Waals surface area contributed by atoms with Gasteiger partial charge in [-0.3, -0.25) is 14.3 Å². The Kier molecular flexibility index (Phi) is 4.04. The zero-order chi connectivity index (χ0) is 12.1. The van der Waals surface area contributed by atoms with Gasteiger partial charge >= 0.3 is 5.97 Å². The van der Waals surface area contributed by atoms with Crippen molar-refractivity contribution in [1.82, 2.24) is 15.1 Å². The Bertz CT molecular complexity index is 370. The maximum absolute atomic E-state index is 11.0. The second kappa shape index (κ2) is 5.29. The lowest BCUT2D eigenvalue weighted by atomic mass is 10.1. The van der Waals surface area contributed by atoms with Crippen LogP contribution in [0, 0.1) is 0 Å². The number of carbonyl (C=O) groups excluding carboxylic acids is 1. The van der Waals surface area contributed by atoms with Crippen molar-refractivity contribution in [3.05, 3.63) is 18.0 Å². The van der Waals surface area contributed by atoms with Gasteiger partial charge < -0.3 is 10.4 Å². The number of nitrogens with zero attached hydrogens (tertiary/aromatic N) is 2. The predicted molar refractivity (Wildman–Crippen MR) is 56.7 cm³/mol. The molecule has 1 heterocycles. The normalized spacial score (nSPS) is 12.1. The molecule has 6 heteroatoms.